The maximum Gasteiger partial charge on any atom is 0.273 e. The number of hydrogen-bond donors (Lipinski definition) is 2. The molecular formula is C29H28ClN3O3. The standard InChI is InChI=1S/C29H28ClN3O3/c1-4-12-36-21-10-7-9-19(15-21)28-25-26(24-18(3)13-17(2)14-23(24)34)31-32-27(25)29(35)33(28)16-20-8-5-6-11-22(20)30/h5-11,13-15,28,34H,4,12,16H2,1-3H3,(H,31,32). The molecule has 1 aliphatic heterocycles. The maximum absolute atomic E-state index is 13.7. The fraction of sp³-hybridized carbons (Fsp3) is 0.241. The van der Waals surface area contributed by atoms with Crippen LogP contribution in [0.3, 0.4) is 0 Å². The lowest BCUT2D eigenvalue weighted by molar-refractivity contribution is 0.0730. The molecule has 0 spiro atoms. The highest BCUT2D eigenvalue weighted by atomic mass is 35.5. The van der Waals surface area contributed by atoms with Gasteiger partial charge in [0.05, 0.1) is 12.6 Å². The Kier molecular flexibility index (Phi) is 6.46. The zero-order chi connectivity index (χ0) is 25.4. The van der Waals surface area contributed by atoms with Crippen LogP contribution < -0.4 is 4.74 Å². The van der Waals surface area contributed by atoms with Gasteiger partial charge in [-0.2, -0.15) is 5.10 Å². The monoisotopic (exact) mass is 501 g/mol. The smallest absolute Gasteiger partial charge is 0.273 e. The number of aromatic hydroxyl groups is 1. The predicted molar refractivity (Wildman–Crippen MR) is 141 cm³/mol. The Hall–Kier alpha value is -3.77. The van der Waals surface area contributed by atoms with Gasteiger partial charge < -0.3 is 14.7 Å². The summed E-state index contributed by atoms with van der Waals surface area (Å²) in [7, 11) is 0. The molecule has 5 rings (SSSR count). The molecule has 6 nitrogen and oxygen atoms in total. The summed E-state index contributed by atoms with van der Waals surface area (Å²) in [5.74, 6) is 0.711. The molecule has 1 aliphatic rings. The van der Waals surface area contributed by atoms with Crippen LogP contribution in [0.5, 0.6) is 11.5 Å². The van der Waals surface area contributed by atoms with Crippen LogP contribution in [0.4, 0.5) is 0 Å². The minimum Gasteiger partial charge on any atom is -0.507 e. The minimum absolute atomic E-state index is 0.137. The third kappa shape index (κ3) is 4.22. The van der Waals surface area contributed by atoms with E-state index < -0.39 is 6.04 Å². The van der Waals surface area contributed by atoms with Crippen LogP contribution in [0.15, 0.2) is 60.7 Å². The third-order valence-corrected chi connectivity index (χ3v) is 6.87. The molecule has 1 unspecified atom stereocenters. The first-order chi connectivity index (χ1) is 17.4. The predicted octanol–water partition coefficient (Wildman–Crippen LogP) is 6.59. The number of rotatable bonds is 7. The van der Waals surface area contributed by atoms with Gasteiger partial charge in [0.2, 0.25) is 0 Å². The number of benzene rings is 3. The Morgan fingerprint density at radius 2 is 1.92 bits per heavy atom. The van der Waals surface area contributed by atoms with Crippen LogP contribution >= 0.6 is 11.6 Å². The number of fused-ring (bicyclic) bond motifs is 1. The Bertz CT molecular complexity index is 1420. The van der Waals surface area contributed by atoms with E-state index in [0.717, 1.165) is 40.0 Å². The summed E-state index contributed by atoms with van der Waals surface area (Å²) in [6, 6.07) is 18.6. The van der Waals surface area contributed by atoms with E-state index in [1.165, 1.54) is 0 Å². The molecule has 0 bridgehead atoms. The largest absolute Gasteiger partial charge is 0.507 e. The van der Waals surface area contributed by atoms with Gasteiger partial charge in [0.15, 0.2) is 0 Å². The Balaban J connectivity index is 1.68. The van der Waals surface area contributed by atoms with E-state index in [-0.39, 0.29) is 11.7 Å². The SMILES string of the molecule is CCCOc1cccc(C2c3c(-c4c(C)cc(C)cc4O)n[nH]c3C(=O)N2Cc2ccccc2Cl)c1. The summed E-state index contributed by atoms with van der Waals surface area (Å²) in [6.45, 7) is 6.87. The molecule has 36 heavy (non-hydrogen) atoms. The fourth-order valence-corrected chi connectivity index (χ4v) is 5.15. The number of ether oxygens (including phenoxy) is 1. The molecule has 0 saturated heterocycles. The van der Waals surface area contributed by atoms with Gasteiger partial charge in [0, 0.05) is 22.7 Å². The summed E-state index contributed by atoms with van der Waals surface area (Å²) < 4.78 is 5.90. The molecule has 1 atom stereocenters. The Labute approximate surface area is 215 Å². The number of aryl methyl sites for hydroxylation is 2. The topological polar surface area (TPSA) is 78.5 Å². The maximum atomic E-state index is 13.7. The molecule has 184 valence electrons. The Morgan fingerprint density at radius 3 is 2.67 bits per heavy atom. The molecule has 4 aromatic rings. The molecular weight excluding hydrogens is 474 g/mol. The fourth-order valence-electron chi connectivity index (χ4n) is 4.95. The number of phenolic OH excluding ortho intramolecular Hbond substituents is 1. The van der Waals surface area contributed by atoms with Gasteiger partial charge in [-0.1, -0.05) is 54.9 Å². The lowest BCUT2D eigenvalue weighted by Crippen LogP contribution is -2.29. The number of hydrogen-bond acceptors (Lipinski definition) is 4. The van der Waals surface area contributed by atoms with Gasteiger partial charge in [-0.05, 0) is 66.8 Å². The second-order valence-corrected chi connectivity index (χ2v) is 9.59. The van der Waals surface area contributed by atoms with Crippen molar-refractivity contribution >= 4 is 17.5 Å². The number of carbonyl (C=O) groups excluding carboxylic acids is 1. The van der Waals surface area contributed by atoms with Crippen molar-refractivity contribution in [3.05, 3.63) is 99.2 Å². The normalized spacial score (nSPS) is 14.8. The van der Waals surface area contributed by atoms with Crippen molar-refractivity contribution in [3.63, 3.8) is 0 Å². The number of nitrogens with zero attached hydrogens (tertiary/aromatic N) is 2. The summed E-state index contributed by atoms with van der Waals surface area (Å²) in [6.07, 6.45) is 0.896. The molecule has 2 heterocycles. The number of aromatic nitrogens is 2. The lowest BCUT2D eigenvalue weighted by atomic mass is 9.93. The summed E-state index contributed by atoms with van der Waals surface area (Å²) in [4.78, 5) is 15.5. The first-order valence-corrected chi connectivity index (χ1v) is 12.4. The highest BCUT2D eigenvalue weighted by molar-refractivity contribution is 6.31. The summed E-state index contributed by atoms with van der Waals surface area (Å²) in [5, 5.41) is 19.0. The second-order valence-electron chi connectivity index (χ2n) is 9.18. The van der Waals surface area contributed by atoms with Crippen LogP contribution in [-0.2, 0) is 6.54 Å². The summed E-state index contributed by atoms with van der Waals surface area (Å²) in [5.41, 5.74) is 5.93. The van der Waals surface area contributed by atoms with E-state index in [4.69, 9.17) is 16.3 Å². The van der Waals surface area contributed by atoms with Crippen molar-refractivity contribution in [2.24, 2.45) is 0 Å². The van der Waals surface area contributed by atoms with E-state index in [0.29, 0.717) is 35.1 Å². The van der Waals surface area contributed by atoms with Crippen molar-refractivity contribution in [3.8, 4) is 22.8 Å². The number of aromatic amines is 1. The third-order valence-electron chi connectivity index (χ3n) is 6.50. The average Bonchev–Trinajstić information content (AvgIpc) is 3.38. The molecule has 1 amide bonds. The molecule has 3 aromatic carbocycles. The van der Waals surface area contributed by atoms with Crippen molar-refractivity contribution in [1.82, 2.24) is 15.1 Å². The highest BCUT2D eigenvalue weighted by Crippen LogP contribution is 2.46. The number of nitrogens with one attached hydrogen (secondary N) is 1. The molecule has 0 saturated carbocycles. The van der Waals surface area contributed by atoms with E-state index in [1.54, 1.807) is 11.0 Å². The van der Waals surface area contributed by atoms with E-state index in [2.05, 4.69) is 17.1 Å². The van der Waals surface area contributed by atoms with E-state index in [1.807, 2.05) is 68.4 Å². The van der Waals surface area contributed by atoms with Crippen LogP contribution in [0.1, 0.15) is 57.7 Å². The molecule has 0 fully saturated rings. The van der Waals surface area contributed by atoms with Crippen LogP contribution in [0.2, 0.25) is 5.02 Å². The van der Waals surface area contributed by atoms with E-state index >= 15 is 0 Å². The minimum atomic E-state index is -0.442. The van der Waals surface area contributed by atoms with Crippen LogP contribution in [-0.4, -0.2) is 32.7 Å². The van der Waals surface area contributed by atoms with Gasteiger partial charge in [0.1, 0.15) is 22.9 Å². The van der Waals surface area contributed by atoms with Crippen molar-refractivity contribution in [2.75, 3.05) is 6.61 Å². The zero-order valence-electron chi connectivity index (χ0n) is 20.5. The second kappa shape index (κ2) is 9.70. The zero-order valence-corrected chi connectivity index (χ0v) is 21.3. The van der Waals surface area contributed by atoms with Crippen molar-refractivity contribution in [1.29, 1.82) is 0 Å². The van der Waals surface area contributed by atoms with Crippen molar-refractivity contribution < 1.29 is 14.6 Å². The number of carbonyl (C=O) groups is 1. The first-order valence-electron chi connectivity index (χ1n) is 12.0. The van der Waals surface area contributed by atoms with Gasteiger partial charge in [-0.25, -0.2) is 0 Å². The lowest BCUT2D eigenvalue weighted by Gasteiger charge is -2.27. The van der Waals surface area contributed by atoms with E-state index in [9.17, 15) is 9.90 Å². The van der Waals surface area contributed by atoms with Crippen LogP contribution in [0, 0.1) is 13.8 Å². The van der Waals surface area contributed by atoms with Gasteiger partial charge >= 0.3 is 0 Å². The van der Waals surface area contributed by atoms with Gasteiger partial charge in [-0.3, -0.25) is 9.89 Å². The average molecular weight is 502 g/mol. The first kappa shape index (κ1) is 23.9. The number of amides is 1. The Morgan fingerprint density at radius 1 is 1.11 bits per heavy atom. The number of phenols is 1. The molecule has 7 heteroatoms. The van der Waals surface area contributed by atoms with Gasteiger partial charge in [0.25, 0.3) is 5.91 Å². The van der Waals surface area contributed by atoms with Gasteiger partial charge in [-0.15, -0.1) is 0 Å². The summed E-state index contributed by atoms with van der Waals surface area (Å²) >= 11 is 6.48. The number of halogens is 1. The molecule has 2 N–H and O–H groups in total. The highest BCUT2D eigenvalue weighted by Gasteiger charge is 2.43. The molecule has 0 aliphatic carbocycles. The molecule has 0 radical (unpaired) electrons. The van der Waals surface area contributed by atoms with Crippen LogP contribution in [0.25, 0.3) is 11.3 Å². The quantitative estimate of drug-likeness (QED) is 0.299. The molecule has 1 aromatic heterocycles. The van der Waals surface area contributed by atoms with Crippen molar-refractivity contribution in [2.45, 2.75) is 39.8 Å². The number of H-pyrrole nitrogens is 1.